The van der Waals surface area contributed by atoms with E-state index in [2.05, 4.69) is 24.0 Å². The lowest BCUT2D eigenvalue weighted by atomic mass is 9.88. The molecule has 1 aromatic heterocycles. The number of halogens is 1. The highest BCUT2D eigenvalue weighted by Gasteiger charge is 2.32. The number of benzene rings is 2. The van der Waals surface area contributed by atoms with Crippen molar-refractivity contribution in [2.45, 2.75) is 37.5 Å². The quantitative estimate of drug-likeness (QED) is 0.721. The third kappa shape index (κ3) is 3.17. The van der Waals surface area contributed by atoms with E-state index in [0.29, 0.717) is 24.6 Å². The molecule has 3 aromatic rings. The number of piperidine rings is 1. The topological polar surface area (TPSA) is 53.2 Å². The molecule has 2 heterocycles. The summed E-state index contributed by atoms with van der Waals surface area (Å²) in [6.07, 6.45) is 1.56. The van der Waals surface area contributed by atoms with Crippen LogP contribution in [0.4, 0.5) is 4.39 Å². The Labute approximate surface area is 159 Å². The van der Waals surface area contributed by atoms with Gasteiger partial charge in [-0.15, -0.1) is 0 Å². The largest absolute Gasteiger partial charge is 0.358 e. The van der Waals surface area contributed by atoms with Gasteiger partial charge in [-0.1, -0.05) is 18.2 Å². The van der Waals surface area contributed by atoms with Crippen molar-refractivity contribution in [1.29, 1.82) is 0 Å². The van der Waals surface area contributed by atoms with Gasteiger partial charge in [0.05, 0.1) is 4.90 Å². The Morgan fingerprint density at radius 2 is 1.78 bits per heavy atom. The summed E-state index contributed by atoms with van der Waals surface area (Å²) in [5.74, 6) is -0.0816. The molecule has 2 aromatic carbocycles. The number of aryl methyl sites for hydroxylation is 2. The van der Waals surface area contributed by atoms with Crippen molar-refractivity contribution in [1.82, 2.24) is 9.29 Å². The fourth-order valence-corrected chi connectivity index (χ4v) is 5.93. The summed E-state index contributed by atoms with van der Waals surface area (Å²) in [6.45, 7) is 4.67. The number of sulfonamides is 1. The fraction of sp³-hybridized carbons (Fsp3) is 0.333. The van der Waals surface area contributed by atoms with E-state index in [4.69, 9.17) is 0 Å². The highest BCUT2D eigenvalue weighted by molar-refractivity contribution is 7.89. The smallest absolute Gasteiger partial charge is 0.243 e. The summed E-state index contributed by atoms with van der Waals surface area (Å²) in [5, 5.41) is 1.23. The van der Waals surface area contributed by atoms with Crippen LogP contribution in [0, 0.1) is 19.7 Å². The summed E-state index contributed by atoms with van der Waals surface area (Å²) in [6, 6.07) is 12.1. The van der Waals surface area contributed by atoms with Crippen LogP contribution in [0.3, 0.4) is 0 Å². The average Bonchev–Trinajstić information content (AvgIpc) is 2.97. The molecule has 0 radical (unpaired) electrons. The predicted molar refractivity (Wildman–Crippen MR) is 105 cm³/mol. The van der Waals surface area contributed by atoms with E-state index >= 15 is 0 Å². The molecule has 0 atom stereocenters. The Bertz CT molecular complexity index is 1100. The van der Waals surface area contributed by atoms with Gasteiger partial charge < -0.3 is 4.98 Å². The first-order chi connectivity index (χ1) is 12.9. The van der Waals surface area contributed by atoms with Gasteiger partial charge in [-0.3, -0.25) is 0 Å². The highest BCUT2D eigenvalue weighted by atomic mass is 32.2. The molecule has 0 spiro atoms. The highest BCUT2D eigenvalue weighted by Crippen LogP contribution is 2.37. The Kier molecular flexibility index (Phi) is 4.56. The molecular weight excluding hydrogens is 363 g/mol. The van der Waals surface area contributed by atoms with Gasteiger partial charge in [-0.05, 0) is 68.0 Å². The van der Waals surface area contributed by atoms with Crippen LogP contribution in [0.5, 0.6) is 0 Å². The lowest BCUT2D eigenvalue weighted by molar-refractivity contribution is 0.319. The maximum atomic E-state index is 13.3. The Hall–Kier alpha value is -2.18. The van der Waals surface area contributed by atoms with Gasteiger partial charge in [0.2, 0.25) is 10.0 Å². The van der Waals surface area contributed by atoms with Crippen LogP contribution in [0.25, 0.3) is 10.9 Å². The normalized spacial score (nSPS) is 16.9. The van der Waals surface area contributed by atoms with E-state index in [1.807, 2.05) is 12.1 Å². The van der Waals surface area contributed by atoms with Crippen molar-refractivity contribution in [2.24, 2.45) is 0 Å². The van der Waals surface area contributed by atoms with E-state index in [1.165, 1.54) is 33.5 Å². The van der Waals surface area contributed by atoms with Gasteiger partial charge in [0.15, 0.2) is 0 Å². The SMILES string of the molecule is Cc1cc(F)ccc1S(=O)(=O)N1CCC(c2c(C)[nH]c3ccccc23)CC1. The van der Waals surface area contributed by atoms with Crippen LogP contribution in [-0.2, 0) is 10.0 Å². The molecule has 4 nitrogen and oxygen atoms in total. The molecule has 1 aliphatic rings. The van der Waals surface area contributed by atoms with Crippen LogP contribution < -0.4 is 0 Å². The number of hydrogen-bond donors (Lipinski definition) is 1. The lowest BCUT2D eigenvalue weighted by Gasteiger charge is -2.32. The maximum Gasteiger partial charge on any atom is 0.243 e. The number of fused-ring (bicyclic) bond motifs is 1. The zero-order chi connectivity index (χ0) is 19.2. The minimum Gasteiger partial charge on any atom is -0.358 e. The number of aromatic nitrogens is 1. The molecule has 1 saturated heterocycles. The van der Waals surface area contributed by atoms with E-state index < -0.39 is 15.8 Å². The van der Waals surface area contributed by atoms with Crippen LogP contribution in [0.2, 0.25) is 0 Å². The summed E-state index contributed by atoms with van der Waals surface area (Å²) in [7, 11) is -3.60. The Morgan fingerprint density at radius 1 is 1.07 bits per heavy atom. The van der Waals surface area contributed by atoms with Gasteiger partial charge in [-0.2, -0.15) is 4.31 Å². The minimum atomic E-state index is -3.60. The Morgan fingerprint density at radius 3 is 2.48 bits per heavy atom. The maximum absolute atomic E-state index is 13.3. The zero-order valence-electron chi connectivity index (χ0n) is 15.5. The molecule has 0 aliphatic carbocycles. The van der Waals surface area contributed by atoms with Gasteiger partial charge in [0, 0.05) is 29.7 Å². The molecule has 0 amide bonds. The van der Waals surface area contributed by atoms with Crippen LogP contribution >= 0.6 is 0 Å². The number of nitrogens with one attached hydrogen (secondary N) is 1. The lowest BCUT2D eigenvalue weighted by Crippen LogP contribution is -2.38. The van der Waals surface area contributed by atoms with Crippen LogP contribution in [0.15, 0.2) is 47.4 Å². The van der Waals surface area contributed by atoms with E-state index in [0.717, 1.165) is 24.1 Å². The van der Waals surface area contributed by atoms with Crippen LogP contribution in [-0.4, -0.2) is 30.8 Å². The number of rotatable bonds is 3. The molecule has 1 aliphatic heterocycles. The first kappa shape index (κ1) is 18.2. The van der Waals surface area contributed by atoms with Crippen molar-refractivity contribution in [3.63, 3.8) is 0 Å². The summed E-state index contributed by atoms with van der Waals surface area (Å²) < 4.78 is 40.9. The fourth-order valence-electron chi connectivity index (χ4n) is 4.25. The summed E-state index contributed by atoms with van der Waals surface area (Å²) in [5.41, 5.74) is 4.04. The summed E-state index contributed by atoms with van der Waals surface area (Å²) in [4.78, 5) is 3.64. The Balaban J connectivity index is 1.57. The van der Waals surface area contributed by atoms with Crippen molar-refractivity contribution in [2.75, 3.05) is 13.1 Å². The van der Waals surface area contributed by atoms with Gasteiger partial charge in [-0.25, -0.2) is 12.8 Å². The monoisotopic (exact) mass is 386 g/mol. The number of para-hydroxylation sites is 1. The number of H-pyrrole nitrogens is 1. The minimum absolute atomic E-state index is 0.200. The number of nitrogens with zero attached hydrogens (tertiary/aromatic N) is 1. The molecule has 142 valence electrons. The number of hydrogen-bond acceptors (Lipinski definition) is 2. The molecule has 27 heavy (non-hydrogen) atoms. The van der Waals surface area contributed by atoms with Gasteiger partial charge in [0.1, 0.15) is 5.82 Å². The third-order valence-electron chi connectivity index (χ3n) is 5.56. The molecule has 6 heteroatoms. The van der Waals surface area contributed by atoms with Gasteiger partial charge in [0.25, 0.3) is 0 Å². The summed E-state index contributed by atoms with van der Waals surface area (Å²) >= 11 is 0. The van der Waals surface area contributed by atoms with E-state index in [9.17, 15) is 12.8 Å². The predicted octanol–water partition coefficient (Wildman–Crippen LogP) is 4.49. The third-order valence-corrected chi connectivity index (χ3v) is 7.62. The average molecular weight is 386 g/mol. The number of aromatic amines is 1. The standard InChI is InChI=1S/C21H23FN2O2S/c1-14-13-17(22)7-8-20(14)27(25,26)24-11-9-16(10-12-24)21-15(2)23-19-6-4-3-5-18(19)21/h3-8,13,16,23H,9-12H2,1-2H3. The molecule has 0 saturated carbocycles. The van der Waals surface area contributed by atoms with Crippen LogP contribution in [0.1, 0.15) is 35.6 Å². The molecule has 1 fully saturated rings. The molecule has 4 rings (SSSR count). The van der Waals surface area contributed by atoms with Gasteiger partial charge >= 0.3 is 0 Å². The van der Waals surface area contributed by atoms with Crippen molar-refractivity contribution in [3.05, 3.63) is 65.1 Å². The van der Waals surface area contributed by atoms with E-state index in [-0.39, 0.29) is 4.90 Å². The second kappa shape index (κ2) is 6.77. The second-order valence-corrected chi connectivity index (χ2v) is 9.20. The first-order valence-corrected chi connectivity index (χ1v) is 10.7. The van der Waals surface area contributed by atoms with Crippen molar-refractivity contribution < 1.29 is 12.8 Å². The van der Waals surface area contributed by atoms with Crippen molar-refractivity contribution >= 4 is 20.9 Å². The molecule has 0 unspecified atom stereocenters. The van der Waals surface area contributed by atoms with Crippen molar-refractivity contribution in [3.8, 4) is 0 Å². The second-order valence-electron chi connectivity index (χ2n) is 7.30. The first-order valence-electron chi connectivity index (χ1n) is 9.21. The molecule has 1 N–H and O–H groups in total. The zero-order valence-corrected chi connectivity index (χ0v) is 16.3. The van der Waals surface area contributed by atoms with E-state index in [1.54, 1.807) is 6.92 Å². The molecular formula is C21H23FN2O2S. The molecule has 0 bridgehead atoms.